The second kappa shape index (κ2) is 5.64. The molecule has 4 heteroatoms. The molecule has 1 amide bonds. The Labute approximate surface area is 140 Å². The lowest BCUT2D eigenvalue weighted by Gasteiger charge is -2.40. The first-order valence-corrected chi connectivity index (χ1v) is 8.07. The van der Waals surface area contributed by atoms with Crippen LogP contribution in [0.3, 0.4) is 0 Å². The van der Waals surface area contributed by atoms with Crippen LogP contribution < -0.4 is 0 Å². The molecule has 4 nitrogen and oxygen atoms in total. The number of carbonyl (C=O) groups is 2. The Hall–Kier alpha value is -2.88. The van der Waals surface area contributed by atoms with Crippen LogP contribution in [-0.2, 0) is 16.0 Å². The molecule has 120 valence electrons. The highest BCUT2D eigenvalue weighted by Gasteiger charge is 2.40. The summed E-state index contributed by atoms with van der Waals surface area (Å²) < 4.78 is 0. The van der Waals surface area contributed by atoms with Crippen molar-refractivity contribution >= 4 is 17.8 Å². The van der Waals surface area contributed by atoms with E-state index in [1.54, 1.807) is 29.2 Å². The average molecular weight is 319 g/mol. The van der Waals surface area contributed by atoms with Gasteiger partial charge in [0.2, 0.25) is 0 Å². The van der Waals surface area contributed by atoms with Gasteiger partial charge in [0.05, 0.1) is 11.6 Å². The van der Waals surface area contributed by atoms with Crippen LogP contribution in [0.25, 0.3) is 6.08 Å². The maximum Gasteiger partial charge on any atom is 0.258 e. The van der Waals surface area contributed by atoms with Gasteiger partial charge in [0.1, 0.15) is 5.75 Å². The zero-order chi connectivity index (χ0) is 16.7. The van der Waals surface area contributed by atoms with E-state index in [0.717, 1.165) is 12.0 Å². The number of nitrogens with zero attached hydrogens (tertiary/aromatic N) is 1. The molecule has 1 atom stereocenters. The number of hydrogen-bond acceptors (Lipinski definition) is 3. The number of hydrogen-bond donors (Lipinski definition) is 1. The third kappa shape index (κ3) is 2.31. The van der Waals surface area contributed by atoms with Gasteiger partial charge in [-0.25, -0.2) is 0 Å². The van der Waals surface area contributed by atoms with E-state index in [1.165, 1.54) is 11.6 Å². The van der Waals surface area contributed by atoms with Crippen molar-refractivity contribution in [2.45, 2.75) is 18.9 Å². The number of para-hydroxylation sites is 1. The monoisotopic (exact) mass is 319 g/mol. The first-order chi connectivity index (χ1) is 11.6. The average Bonchev–Trinajstić information content (AvgIpc) is 2.60. The highest BCUT2D eigenvalue weighted by Crippen LogP contribution is 2.38. The van der Waals surface area contributed by atoms with Crippen molar-refractivity contribution in [1.29, 1.82) is 0 Å². The van der Waals surface area contributed by atoms with Crippen LogP contribution >= 0.6 is 0 Å². The quantitative estimate of drug-likeness (QED) is 0.649. The van der Waals surface area contributed by atoms with Gasteiger partial charge in [0.15, 0.2) is 5.78 Å². The van der Waals surface area contributed by atoms with E-state index < -0.39 is 0 Å². The number of fused-ring (bicyclic) bond motifs is 3. The number of phenolic OH excluding ortho intramolecular Hbond substituents is 1. The second-order valence-corrected chi connectivity index (χ2v) is 6.21. The Kier molecular flexibility index (Phi) is 3.45. The molecule has 2 aromatic carbocycles. The van der Waals surface area contributed by atoms with Crippen molar-refractivity contribution in [1.82, 2.24) is 4.90 Å². The molecule has 2 aliphatic rings. The largest absolute Gasteiger partial charge is 0.507 e. The predicted molar refractivity (Wildman–Crippen MR) is 90.3 cm³/mol. The molecule has 1 unspecified atom stereocenters. The minimum Gasteiger partial charge on any atom is -0.507 e. The van der Waals surface area contributed by atoms with E-state index in [1.807, 2.05) is 18.2 Å². The molecule has 1 N–H and O–H groups in total. The van der Waals surface area contributed by atoms with Gasteiger partial charge in [-0.3, -0.25) is 9.59 Å². The molecule has 24 heavy (non-hydrogen) atoms. The molecule has 0 saturated carbocycles. The molecule has 0 bridgehead atoms. The van der Waals surface area contributed by atoms with E-state index in [2.05, 4.69) is 6.07 Å². The summed E-state index contributed by atoms with van der Waals surface area (Å²) in [6, 6.07) is 14.6. The van der Waals surface area contributed by atoms with Gasteiger partial charge in [-0.2, -0.15) is 0 Å². The summed E-state index contributed by atoms with van der Waals surface area (Å²) >= 11 is 0. The summed E-state index contributed by atoms with van der Waals surface area (Å²) in [7, 11) is 0. The number of Topliss-reactive ketones (excluding diaryl/α,β-unsaturated/α-hetero) is 1. The molecule has 4 rings (SSSR count). The standard InChI is InChI=1S/C20H17NO3/c22-18-8-4-2-6-14(18)11-16-19(23)12-17-15-7-3-1-5-13(15)9-10-21(17)20(16)24/h1-8,11,17,22H,9-10,12H2. The van der Waals surface area contributed by atoms with Gasteiger partial charge in [-0.1, -0.05) is 42.5 Å². The van der Waals surface area contributed by atoms with Crippen molar-refractivity contribution in [3.05, 3.63) is 70.8 Å². The second-order valence-electron chi connectivity index (χ2n) is 6.21. The Bertz CT molecular complexity index is 869. The molecular weight excluding hydrogens is 302 g/mol. The maximum atomic E-state index is 12.9. The van der Waals surface area contributed by atoms with Gasteiger partial charge in [0, 0.05) is 18.5 Å². The lowest BCUT2D eigenvalue weighted by Crippen LogP contribution is -2.46. The maximum absolute atomic E-state index is 12.9. The zero-order valence-electron chi connectivity index (χ0n) is 13.1. The summed E-state index contributed by atoms with van der Waals surface area (Å²) in [4.78, 5) is 27.2. The zero-order valence-corrected chi connectivity index (χ0v) is 13.1. The van der Waals surface area contributed by atoms with Gasteiger partial charge < -0.3 is 10.0 Å². The predicted octanol–water partition coefficient (Wildman–Crippen LogP) is 2.87. The van der Waals surface area contributed by atoms with E-state index >= 15 is 0 Å². The van der Waals surface area contributed by atoms with Crippen LogP contribution in [0.1, 0.15) is 29.2 Å². The highest BCUT2D eigenvalue weighted by molar-refractivity contribution is 6.24. The van der Waals surface area contributed by atoms with Crippen LogP contribution in [-0.4, -0.2) is 28.2 Å². The van der Waals surface area contributed by atoms with Crippen LogP contribution in [0.2, 0.25) is 0 Å². The number of carbonyl (C=O) groups excluding carboxylic acids is 2. The fourth-order valence-corrected chi connectivity index (χ4v) is 3.58. The number of aromatic hydroxyl groups is 1. The normalized spacial score (nSPS) is 21.6. The summed E-state index contributed by atoms with van der Waals surface area (Å²) in [6.45, 7) is 0.617. The smallest absolute Gasteiger partial charge is 0.258 e. The molecule has 0 aromatic heterocycles. The third-order valence-corrected chi connectivity index (χ3v) is 4.82. The molecule has 0 radical (unpaired) electrons. The molecule has 0 spiro atoms. The van der Waals surface area contributed by atoms with Gasteiger partial charge in [-0.05, 0) is 29.7 Å². The number of amides is 1. The van der Waals surface area contributed by atoms with E-state index in [0.29, 0.717) is 18.5 Å². The lowest BCUT2D eigenvalue weighted by molar-refractivity contribution is -0.136. The van der Waals surface area contributed by atoms with Crippen molar-refractivity contribution in [3.8, 4) is 5.75 Å². The molecule has 2 aromatic rings. The summed E-state index contributed by atoms with van der Waals surface area (Å²) in [5, 5.41) is 9.90. The summed E-state index contributed by atoms with van der Waals surface area (Å²) in [5.41, 5.74) is 2.94. The van der Waals surface area contributed by atoms with E-state index in [-0.39, 0.29) is 29.1 Å². The summed E-state index contributed by atoms with van der Waals surface area (Å²) in [6.07, 6.45) is 2.61. The summed E-state index contributed by atoms with van der Waals surface area (Å²) in [5.74, 6) is -0.341. The molecular formula is C20H17NO3. The fourth-order valence-electron chi connectivity index (χ4n) is 3.58. The van der Waals surface area contributed by atoms with Crippen LogP contribution in [0.15, 0.2) is 54.1 Å². The lowest BCUT2D eigenvalue weighted by atomic mass is 9.84. The van der Waals surface area contributed by atoms with Crippen LogP contribution in [0, 0.1) is 0 Å². The first-order valence-electron chi connectivity index (χ1n) is 8.07. The van der Waals surface area contributed by atoms with Crippen molar-refractivity contribution < 1.29 is 14.7 Å². The first kappa shape index (κ1) is 14.7. The van der Waals surface area contributed by atoms with Crippen LogP contribution in [0.4, 0.5) is 0 Å². The molecule has 1 saturated heterocycles. The molecule has 0 aliphatic carbocycles. The molecule has 2 aliphatic heterocycles. The minimum absolute atomic E-state index is 0.0664. The number of piperidine rings is 1. The van der Waals surface area contributed by atoms with Gasteiger partial charge in [0.25, 0.3) is 5.91 Å². The highest BCUT2D eigenvalue weighted by atomic mass is 16.3. The van der Waals surface area contributed by atoms with E-state index in [4.69, 9.17) is 0 Å². The SMILES string of the molecule is O=C1CC2c3ccccc3CCN2C(=O)C1=Cc1ccccc1O. The number of ketones is 1. The minimum atomic E-state index is -0.242. The van der Waals surface area contributed by atoms with Gasteiger partial charge in [-0.15, -0.1) is 0 Å². The number of benzene rings is 2. The number of phenols is 1. The van der Waals surface area contributed by atoms with Crippen molar-refractivity contribution in [2.24, 2.45) is 0 Å². The Morgan fingerprint density at radius 2 is 1.79 bits per heavy atom. The fraction of sp³-hybridized carbons (Fsp3) is 0.200. The molecule has 1 fully saturated rings. The third-order valence-electron chi connectivity index (χ3n) is 4.82. The van der Waals surface area contributed by atoms with E-state index in [9.17, 15) is 14.7 Å². The Balaban J connectivity index is 1.72. The molecule has 2 heterocycles. The van der Waals surface area contributed by atoms with Gasteiger partial charge >= 0.3 is 0 Å². The topological polar surface area (TPSA) is 57.6 Å². The van der Waals surface area contributed by atoms with Crippen molar-refractivity contribution in [3.63, 3.8) is 0 Å². The van der Waals surface area contributed by atoms with Crippen molar-refractivity contribution in [2.75, 3.05) is 6.54 Å². The Morgan fingerprint density at radius 1 is 1.04 bits per heavy atom. The number of rotatable bonds is 1. The van der Waals surface area contributed by atoms with Crippen LogP contribution in [0.5, 0.6) is 5.75 Å². The Morgan fingerprint density at radius 3 is 2.62 bits per heavy atom.